The van der Waals surface area contributed by atoms with Gasteiger partial charge in [0.25, 0.3) is 0 Å². The SMILES string of the molecule is CCCS(=O)(=O)CCN1CCOC(C(=N)N)C1. The molecule has 1 unspecified atom stereocenters. The molecule has 1 heterocycles. The quantitative estimate of drug-likeness (QED) is 0.495. The van der Waals surface area contributed by atoms with E-state index in [2.05, 4.69) is 0 Å². The number of nitrogens with zero attached hydrogens (tertiary/aromatic N) is 1. The molecule has 7 heteroatoms. The number of ether oxygens (including phenoxy) is 1. The number of sulfone groups is 1. The first kappa shape index (κ1) is 14.4. The van der Waals surface area contributed by atoms with E-state index < -0.39 is 15.9 Å². The number of nitrogens with one attached hydrogen (secondary N) is 1. The van der Waals surface area contributed by atoms with Gasteiger partial charge in [0.15, 0.2) is 9.84 Å². The Bertz CT molecular complexity index is 356. The highest BCUT2D eigenvalue weighted by atomic mass is 32.2. The van der Waals surface area contributed by atoms with Crippen LogP contribution < -0.4 is 5.73 Å². The van der Waals surface area contributed by atoms with Crippen LogP contribution in [0.15, 0.2) is 0 Å². The number of rotatable bonds is 6. The Kier molecular flexibility index (Phi) is 5.35. The van der Waals surface area contributed by atoms with Gasteiger partial charge >= 0.3 is 0 Å². The fraction of sp³-hybridized carbons (Fsp3) is 0.900. The van der Waals surface area contributed by atoms with Crippen LogP contribution in [0.1, 0.15) is 13.3 Å². The van der Waals surface area contributed by atoms with Crippen LogP contribution in [0.5, 0.6) is 0 Å². The topological polar surface area (TPSA) is 96.5 Å². The minimum atomic E-state index is -2.94. The highest BCUT2D eigenvalue weighted by molar-refractivity contribution is 7.91. The number of hydrogen-bond donors (Lipinski definition) is 2. The second kappa shape index (κ2) is 6.32. The second-order valence-corrected chi connectivity index (χ2v) is 6.57. The van der Waals surface area contributed by atoms with Gasteiger partial charge in [-0.15, -0.1) is 0 Å². The van der Waals surface area contributed by atoms with Crippen molar-refractivity contribution in [1.29, 1.82) is 5.41 Å². The number of nitrogens with two attached hydrogens (primary N) is 1. The molecule has 1 rings (SSSR count). The Balaban J connectivity index is 2.39. The zero-order valence-electron chi connectivity index (χ0n) is 10.2. The molecule has 1 atom stereocenters. The maximum atomic E-state index is 11.6. The molecule has 1 saturated heterocycles. The van der Waals surface area contributed by atoms with Gasteiger partial charge in [-0.05, 0) is 6.42 Å². The first-order valence-corrected chi connectivity index (χ1v) is 7.65. The van der Waals surface area contributed by atoms with Crippen molar-refractivity contribution in [2.45, 2.75) is 19.4 Å². The lowest BCUT2D eigenvalue weighted by atomic mass is 10.2. The molecule has 0 aromatic heterocycles. The van der Waals surface area contributed by atoms with Crippen molar-refractivity contribution in [3.63, 3.8) is 0 Å². The van der Waals surface area contributed by atoms with Crippen LogP contribution in [0.3, 0.4) is 0 Å². The molecule has 6 nitrogen and oxygen atoms in total. The van der Waals surface area contributed by atoms with E-state index in [0.717, 1.165) is 0 Å². The number of hydrogen-bond acceptors (Lipinski definition) is 5. The maximum absolute atomic E-state index is 11.6. The predicted molar refractivity (Wildman–Crippen MR) is 67.0 cm³/mol. The molecule has 0 amide bonds. The summed E-state index contributed by atoms with van der Waals surface area (Å²) in [5.74, 6) is 0.421. The summed E-state index contributed by atoms with van der Waals surface area (Å²) in [7, 11) is -2.94. The predicted octanol–water partition coefficient (Wildman–Crippen LogP) is -0.552. The third-order valence-electron chi connectivity index (χ3n) is 2.73. The molecule has 17 heavy (non-hydrogen) atoms. The summed E-state index contributed by atoms with van der Waals surface area (Å²) in [5, 5.41) is 7.31. The van der Waals surface area contributed by atoms with Gasteiger partial charge in [-0.3, -0.25) is 10.3 Å². The summed E-state index contributed by atoms with van der Waals surface area (Å²) in [4.78, 5) is 1.99. The summed E-state index contributed by atoms with van der Waals surface area (Å²) in [6.07, 6.45) is 0.263. The van der Waals surface area contributed by atoms with E-state index in [4.69, 9.17) is 15.9 Å². The van der Waals surface area contributed by atoms with Crippen LogP contribution in [-0.2, 0) is 14.6 Å². The fourth-order valence-electron chi connectivity index (χ4n) is 1.78. The van der Waals surface area contributed by atoms with Crippen LogP contribution in [-0.4, -0.2) is 63.0 Å². The van der Waals surface area contributed by atoms with E-state index in [1.165, 1.54) is 0 Å². The summed E-state index contributed by atoms with van der Waals surface area (Å²) in [5.41, 5.74) is 5.37. The summed E-state index contributed by atoms with van der Waals surface area (Å²) in [6.45, 7) is 4.06. The van der Waals surface area contributed by atoms with Crippen LogP contribution in [0.25, 0.3) is 0 Å². The molecule has 0 spiro atoms. The van der Waals surface area contributed by atoms with Crippen LogP contribution in [0.4, 0.5) is 0 Å². The lowest BCUT2D eigenvalue weighted by Gasteiger charge is -2.32. The van der Waals surface area contributed by atoms with Crippen molar-refractivity contribution in [1.82, 2.24) is 4.90 Å². The van der Waals surface area contributed by atoms with Gasteiger partial charge in [-0.25, -0.2) is 8.42 Å². The highest BCUT2D eigenvalue weighted by Gasteiger charge is 2.23. The van der Waals surface area contributed by atoms with E-state index >= 15 is 0 Å². The summed E-state index contributed by atoms with van der Waals surface area (Å²) >= 11 is 0. The second-order valence-electron chi connectivity index (χ2n) is 4.27. The molecule has 3 N–H and O–H groups in total. The van der Waals surface area contributed by atoms with E-state index in [0.29, 0.717) is 32.7 Å². The molecular formula is C10H21N3O3S. The van der Waals surface area contributed by atoms with Gasteiger partial charge in [0.2, 0.25) is 0 Å². The van der Waals surface area contributed by atoms with E-state index in [1.807, 2.05) is 11.8 Å². The van der Waals surface area contributed by atoms with Crippen LogP contribution >= 0.6 is 0 Å². The molecule has 1 aliphatic heterocycles. The van der Waals surface area contributed by atoms with Crippen LogP contribution in [0, 0.1) is 5.41 Å². The molecule has 0 bridgehead atoms. The zero-order chi connectivity index (χ0) is 12.9. The van der Waals surface area contributed by atoms with Crippen molar-refractivity contribution in [2.24, 2.45) is 5.73 Å². The van der Waals surface area contributed by atoms with Crippen molar-refractivity contribution in [2.75, 3.05) is 37.7 Å². The molecule has 0 aromatic carbocycles. The highest BCUT2D eigenvalue weighted by Crippen LogP contribution is 2.05. The molecule has 0 saturated carbocycles. The smallest absolute Gasteiger partial charge is 0.151 e. The standard InChI is InChI=1S/C10H21N3O3S/c1-2-6-17(14,15)7-4-13-3-5-16-9(8-13)10(11)12/h9H,2-8H2,1H3,(H3,11,12). The molecule has 100 valence electrons. The van der Waals surface area contributed by atoms with Gasteiger partial charge in [0.05, 0.1) is 12.4 Å². The van der Waals surface area contributed by atoms with E-state index in [-0.39, 0.29) is 17.3 Å². The summed E-state index contributed by atoms with van der Waals surface area (Å²) in [6, 6.07) is 0. The minimum absolute atomic E-state index is 0.00566. The molecule has 1 aliphatic rings. The van der Waals surface area contributed by atoms with E-state index in [1.54, 1.807) is 0 Å². The number of morpholine rings is 1. The Morgan fingerprint density at radius 1 is 1.53 bits per heavy atom. The third kappa shape index (κ3) is 5.01. The summed E-state index contributed by atoms with van der Waals surface area (Å²) < 4.78 is 28.4. The Morgan fingerprint density at radius 2 is 2.24 bits per heavy atom. The average molecular weight is 263 g/mol. The first-order chi connectivity index (χ1) is 7.94. The van der Waals surface area contributed by atoms with Crippen molar-refractivity contribution >= 4 is 15.7 Å². The van der Waals surface area contributed by atoms with Crippen molar-refractivity contribution < 1.29 is 13.2 Å². The Hall–Kier alpha value is -0.660. The minimum Gasteiger partial charge on any atom is -0.385 e. The first-order valence-electron chi connectivity index (χ1n) is 5.83. The van der Waals surface area contributed by atoms with Gasteiger partial charge in [0.1, 0.15) is 11.9 Å². The Morgan fingerprint density at radius 3 is 2.82 bits per heavy atom. The van der Waals surface area contributed by atoms with Gasteiger partial charge in [-0.2, -0.15) is 0 Å². The molecule has 0 aliphatic carbocycles. The van der Waals surface area contributed by atoms with Crippen molar-refractivity contribution in [3.8, 4) is 0 Å². The molecular weight excluding hydrogens is 242 g/mol. The maximum Gasteiger partial charge on any atom is 0.151 e. The van der Waals surface area contributed by atoms with E-state index in [9.17, 15) is 8.42 Å². The fourth-order valence-corrected chi connectivity index (χ4v) is 3.14. The average Bonchev–Trinajstić information content (AvgIpc) is 2.27. The van der Waals surface area contributed by atoms with Crippen LogP contribution in [0.2, 0.25) is 0 Å². The monoisotopic (exact) mass is 263 g/mol. The number of amidine groups is 1. The van der Waals surface area contributed by atoms with Gasteiger partial charge in [0, 0.05) is 25.4 Å². The largest absolute Gasteiger partial charge is 0.385 e. The molecule has 0 radical (unpaired) electrons. The molecule has 0 aromatic rings. The lowest BCUT2D eigenvalue weighted by Crippen LogP contribution is -2.49. The van der Waals surface area contributed by atoms with Gasteiger partial charge in [-0.1, -0.05) is 6.92 Å². The van der Waals surface area contributed by atoms with Gasteiger partial charge < -0.3 is 10.5 Å². The van der Waals surface area contributed by atoms with Crippen molar-refractivity contribution in [3.05, 3.63) is 0 Å². The lowest BCUT2D eigenvalue weighted by molar-refractivity contribution is 0.00815. The zero-order valence-corrected chi connectivity index (χ0v) is 11.0. The Labute approximate surface area is 103 Å². The third-order valence-corrected chi connectivity index (χ3v) is 4.57. The normalized spacial score (nSPS) is 22.5. The molecule has 1 fully saturated rings.